The zero-order chi connectivity index (χ0) is 11.9. The zero-order valence-corrected chi connectivity index (χ0v) is 15.0. The summed E-state index contributed by atoms with van der Waals surface area (Å²) in [6.45, 7) is 4.08. The van der Waals surface area contributed by atoms with Crippen molar-refractivity contribution >= 4 is 69.5 Å². The zero-order valence-electron chi connectivity index (χ0n) is 8.70. The minimum Gasteiger partial charge on any atom is -0.298 e. The van der Waals surface area contributed by atoms with E-state index in [9.17, 15) is 4.79 Å². The molecule has 88 valence electrons. The van der Waals surface area contributed by atoms with Gasteiger partial charge in [0.1, 0.15) is 0 Å². The Morgan fingerprint density at radius 3 is 2.53 bits per heavy atom. The maximum absolute atomic E-state index is 12.0. The summed E-state index contributed by atoms with van der Waals surface area (Å²) >= 11 is 14.3. The molecule has 1 rings (SSSR count). The SMILES string of the molecule is C[C@](Br)(CBr)[C@H]1CC(=O)[C@@](C)(Br)[C@H](Br)C1. The third-order valence-corrected chi connectivity index (χ3v) is 8.91. The van der Waals surface area contributed by atoms with Gasteiger partial charge in [0.05, 0.1) is 4.32 Å². The van der Waals surface area contributed by atoms with Gasteiger partial charge in [0.15, 0.2) is 5.78 Å². The highest BCUT2D eigenvalue weighted by Crippen LogP contribution is 2.46. The van der Waals surface area contributed by atoms with Crippen molar-refractivity contribution in [1.82, 2.24) is 0 Å². The molecule has 4 atom stereocenters. The summed E-state index contributed by atoms with van der Waals surface area (Å²) in [7, 11) is 0. The Balaban J connectivity index is 2.82. The van der Waals surface area contributed by atoms with Crippen LogP contribution in [0.3, 0.4) is 0 Å². The summed E-state index contributed by atoms with van der Waals surface area (Å²) in [6.07, 6.45) is 1.64. The van der Waals surface area contributed by atoms with Crippen molar-refractivity contribution in [3.63, 3.8) is 0 Å². The lowest BCUT2D eigenvalue weighted by atomic mass is 9.76. The second-order valence-electron chi connectivity index (χ2n) is 4.51. The standard InChI is InChI=1S/C10H14Br4O/c1-9(13,5-11)6-3-7(12)10(2,14)8(15)4-6/h6-7H,3-5H2,1-2H3/t6-,7-,9+,10+/m1/s1. The van der Waals surface area contributed by atoms with E-state index in [4.69, 9.17) is 0 Å². The molecule has 0 aromatic heterocycles. The number of alkyl halides is 4. The third kappa shape index (κ3) is 3.08. The Kier molecular flexibility index (Phi) is 4.95. The van der Waals surface area contributed by atoms with E-state index in [0.29, 0.717) is 12.3 Å². The first-order valence-electron chi connectivity index (χ1n) is 4.83. The van der Waals surface area contributed by atoms with Gasteiger partial charge in [-0.05, 0) is 26.2 Å². The Hall–Kier alpha value is 1.59. The largest absolute Gasteiger partial charge is 0.298 e. The second kappa shape index (κ2) is 5.07. The number of Topliss-reactive ketones (excluding diaryl/α,β-unsaturated/α-hetero) is 1. The van der Waals surface area contributed by atoms with Gasteiger partial charge in [-0.15, -0.1) is 0 Å². The van der Waals surface area contributed by atoms with Gasteiger partial charge in [-0.3, -0.25) is 4.79 Å². The molecule has 1 aliphatic carbocycles. The van der Waals surface area contributed by atoms with E-state index in [1.807, 2.05) is 6.92 Å². The lowest BCUT2D eigenvalue weighted by Gasteiger charge is -2.41. The highest BCUT2D eigenvalue weighted by molar-refractivity contribution is 9.13. The number of ketones is 1. The normalized spacial score (nSPS) is 41.3. The quantitative estimate of drug-likeness (QED) is 0.547. The fraction of sp³-hybridized carbons (Fsp3) is 0.900. The number of hydrogen-bond donors (Lipinski definition) is 0. The number of carbonyl (C=O) groups excluding carboxylic acids is 1. The third-order valence-electron chi connectivity index (χ3n) is 3.17. The smallest absolute Gasteiger partial charge is 0.150 e. The van der Waals surface area contributed by atoms with Crippen LogP contribution in [0.4, 0.5) is 0 Å². The average molecular weight is 470 g/mol. The van der Waals surface area contributed by atoms with Gasteiger partial charge < -0.3 is 0 Å². The van der Waals surface area contributed by atoms with Crippen molar-refractivity contribution in [1.29, 1.82) is 0 Å². The van der Waals surface area contributed by atoms with Crippen LogP contribution in [0.15, 0.2) is 0 Å². The first-order valence-corrected chi connectivity index (χ1v) is 8.45. The van der Waals surface area contributed by atoms with Gasteiger partial charge in [-0.2, -0.15) is 0 Å². The van der Waals surface area contributed by atoms with Crippen LogP contribution >= 0.6 is 63.7 Å². The molecule has 0 aliphatic heterocycles. The molecule has 1 nitrogen and oxygen atoms in total. The van der Waals surface area contributed by atoms with Gasteiger partial charge in [0.25, 0.3) is 0 Å². The average Bonchev–Trinajstić information content (AvgIpc) is 2.14. The topological polar surface area (TPSA) is 17.1 Å². The van der Waals surface area contributed by atoms with Crippen LogP contribution in [-0.2, 0) is 4.79 Å². The van der Waals surface area contributed by atoms with Gasteiger partial charge in [-0.25, -0.2) is 0 Å². The predicted octanol–water partition coefficient (Wildman–Crippen LogP) is 4.43. The van der Waals surface area contributed by atoms with Crippen LogP contribution in [0.1, 0.15) is 26.7 Å². The fourth-order valence-electron chi connectivity index (χ4n) is 1.72. The van der Waals surface area contributed by atoms with Crippen LogP contribution in [0.2, 0.25) is 0 Å². The monoisotopic (exact) mass is 466 g/mol. The molecule has 0 bridgehead atoms. The second-order valence-corrected chi connectivity index (χ2v) is 9.64. The lowest BCUT2D eigenvalue weighted by molar-refractivity contribution is -0.123. The van der Waals surface area contributed by atoms with E-state index >= 15 is 0 Å². The summed E-state index contributed by atoms with van der Waals surface area (Å²) in [5.41, 5.74) is 0. The summed E-state index contributed by atoms with van der Waals surface area (Å²) in [4.78, 5) is 12.2. The minimum atomic E-state index is -0.404. The number of hydrogen-bond acceptors (Lipinski definition) is 1. The van der Waals surface area contributed by atoms with Crippen LogP contribution in [-0.4, -0.2) is 24.6 Å². The van der Waals surface area contributed by atoms with Crippen molar-refractivity contribution in [2.45, 2.75) is 40.2 Å². The van der Waals surface area contributed by atoms with E-state index in [1.165, 1.54) is 0 Å². The molecular formula is C10H14Br4O. The first-order chi connectivity index (χ1) is 6.71. The predicted molar refractivity (Wildman–Crippen MR) is 78.9 cm³/mol. The van der Waals surface area contributed by atoms with E-state index in [0.717, 1.165) is 11.8 Å². The van der Waals surface area contributed by atoms with E-state index in [1.54, 1.807) is 0 Å². The molecule has 15 heavy (non-hydrogen) atoms. The summed E-state index contributed by atoms with van der Waals surface area (Å²) in [6, 6.07) is 0. The number of carbonyl (C=O) groups is 1. The molecule has 0 heterocycles. The van der Waals surface area contributed by atoms with Crippen LogP contribution in [0, 0.1) is 5.92 Å². The molecule has 0 unspecified atom stereocenters. The van der Waals surface area contributed by atoms with Crippen molar-refractivity contribution in [3.8, 4) is 0 Å². The molecule has 0 aromatic rings. The summed E-state index contributed by atoms with van der Waals surface area (Å²) < 4.78 is -0.406. The van der Waals surface area contributed by atoms with Crippen molar-refractivity contribution in [2.75, 3.05) is 5.33 Å². The van der Waals surface area contributed by atoms with Crippen molar-refractivity contribution in [2.24, 2.45) is 5.92 Å². The first kappa shape index (κ1) is 14.7. The van der Waals surface area contributed by atoms with Gasteiger partial charge in [0.2, 0.25) is 0 Å². The van der Waals surface area contributed by atoms with Gasteiger partial charge in [-0.1, -0.05) is 63.7 Å². The molecule has 1 saturated carbocycles. The molecule has 0 radical (unpaired) electrons. The lowest BCUT2D eigenvalue weighted by Crippen LogP contribution is -2.48. The minimum absolute atomic E-state index is 0.00181. The molecule has 5 heteroatoms. The van der Waals surface area contributed by atoms with Crippen LogP contribution < -0.4 is 0 Å². The molecule has 0 spiro atoms. The highest BCUT2D eigenvalue weighted by Gasteiger charge is 2.47. The molecule has 1 fully saturated rings. The molecular weight excluding hydrogens is 456 g/mol. The van der Waals surface area contributed by atoms with Crippen molar-refractivity contribution in [3.05, 3.63) is 0 Å². The van der Waals surface area contributed by atoms with Crippen LogP contribution in [0.25, 0.3) is 0 Å². The van der Waals surface area contributed by atoms with E-state index in [-0.39, 0.29) is 14.9 Å². The number of halogens is 4. The summed E-state index contributed by atoms with van der Waals surface area (Å²) in [5.74, 6) is 0.659. The number of rotatable bonds is 2. The Bertz CT molecular complexity index is 262. The maximum Gasteiger partial charge on any atom is 0.150 e. The van der Waals surface area contributed by atoms with Gasteiger partial charge >= 0.3 is 0 Å². The highest BCUT2D eigenvalue weighted by atomic mass is 79.9. The fourth-order valence-corrected chi connectivity index (χ4v) is 3.58. The molecule has 1 aliphatic rings. The Morgan fingerprint density at radius 2 is 2.13 bits per heavy atom. The Labute approximate surface area is 125 Å². The van der Waals surface area contributed by atoms with Gasteiger partial charge in [0, 0.05) is 20.9 Å². The molecule has 0 aromatic carbocycles. The Morgan fingerprint density at radius 1 is 1.60 bits per heavy atom. The van der Waals surface area contributed by atoms with E-state index in [2.05, 4.69) is 70.6 Å². The summed E-state index contributed by atoms with van der Waals surface area (Å²) in [5, 5.41) is 0.858. The van der Waals surface area contributed by atoms with E-state index < -0.39 is 4.32 Å². The van der Waals surface area contributed by atoms with Crippen LogP contribution in [0.5, 0.6) is 0 Å². The van der Waals surface area contributed by atoms with Crippen molar-refractivity contribution < 1.29 is 4.79 Å². The molecule has 0 N–H and O–H groups in total. The maximum atomic E-state index is 12.0. The molecule has 0 amide bonds. The molecule has 0 saturated heterocycles.